The minimum atomic E-state index is -3.55. The normalized spacial score (nSPS) is 16.2. The van der Waals surface area contributed by atoms with Crippen LogP contribution in [0.4, 0.5) is 0 Å². The zero-order chi connectivity index (χ0) is 24.2. The van der Waals surface area contributed by atoms with Crippen molar-refractivity contribution in [3.05, 3.63) is 65.2 Å². The first-order valence-corrected chi connectivity index (χ1v) is 11.3. The van der Waals surface area contributed by atoms with Gasteiger partial charge in [0.25, 0.3) is 27.7 Å². The number of hydrogen-bond acceptors (Lipinski definition) is 7. The van der Waals surface area contributed by atoms with Gasteiger partial charge >= 0.3 is 0 Å². The Morgan fingerprint density at radius 2 is 1.31 bits per heavy atom. The molecule has 0 aromatic heterocycles. The topological polar surface area (TPSA) is 121 Å². The van der Waals surface area contributed by atoms with Gasteiger partial charge in [0.05, 0.1) is 21.9 Å². The Labute approximate surface area is 191 Å². The van der Waals surface area contributed by atoms with Gasteiger partial charge in [-0.15, -0.1) is 0 Å². The Balaban J connectivity index is 0.000000179. The largest absolute Gasteiger partial charge is 0.358 e. The van der Waals surface area contributed by atoms with E-state index in [0.717, 1.165) is 9.21 Å². The van der Waals surface area contributed by atoms with Gasteiger partial charge in [-0.3, -0.25) is 24.1 Å². The molecule has 4 rings (SSSR count). The van der Waals surface area contributed by atoms with Crippen LogP contribution in [0.1, 0.15) is 38.0 Å². The van der Waals surface area contributed by atoms with Gasteiger partial charge in [0.2, 0.25) is 5.91 Å². The van der Waals surface area contributed by atoms with Gasteiger partial charge in [-0.25, -0.2) is 12.7 Å². The Bertz CT molecular complexity index is 1140. The van der Waals surface area contributed by atoms with E-state index in [1.807, 2.05) is 0 Å². The summed E-state index contributed by atoms with van der Waals surface area (Å²) in [4.78, 5) is 45.5. The zero-order valence-corrected chi connectivity index (χ0v) is 19.6. The van der Waals surface area contributed by atoms with Gasteiger partial charge in [0, 0.05) is 21.1 Å². The van der Waals surface area contributed by atoms with E-state index in [1.54, 1.807) is 50.4 Å². The molecular formula is C21H23N3O6S2. The summed E-state index contributed by atoms with van der Waals surface area (Å²) in [5, 5.41) is 2.26. The van der Waals surface area contributed by atoms with E-state index in [2.05, 4.69) is 17.9 Å². The van der Waals surface area contributed by atoms with Gasteiger partial charge in [0.1, 0.15) is 4.90 Å². The fraction of sp³-hybridized carbons (Fsp3) is 0.238. The minimum absolute atomic E-state index is 0.0386. The smallest absolute Gasteiger partial charge is 0.268 e. The van der Waals surface area contributed by atoms with Crippen LogP contribution in [-0.2, 0) is 14.8 Å². The first kappa shape index (κ1) is 25.1. The minimum Gasteiger partial charge on any atom is -0.358 e. The van der Waals surface area contributed by atoms with Gasteiger partial charge in [-0.1, -0.05) is 24.3 Å². The maximum Gasteiger partial charge on any atom is 0.268 e. The van der Waals surface area contributed by atoms with Crippen LogP contribution < -0.4 is 5.32 Å². The Kier molecular flexibility index (Phi) is 7.81. The van der Waals surface area contributed by atoms with Gasteiger partial charge in [0.15, 0.2) is 0 Å². The average molecular weight is 478 g/mol. The van der Waals surface area contributed by atoms with Crippen molar-refractivity contribution in [1.82, 2.24) is 14.5 Å². The molecule has 2 aromatic carbocycles. The number of amides is 4. The molecule has 11 heteroatoms. The molecule has 0 saturated heterocycles. The van der Waals surface area contributed by atoms with E-state index in [1.165, 1.54) is 26.2 Å². The van der Waals surface area contributed by atoms with Crippen molar-refractivity contribution in [2.24, 2.45) is 0 Å². The highest BCUT2D eigenvalue weighted by atomic mass is 32.2. The summed E-state index contributed by atoms with van der Waals surface area (Å²) >= 11 is 3.86. The van der Waals surface area contributed by atoms with E-state index in [4.69, 9.17) is 0 Å². The van der Waals surface area contributed by atoms with Gasteiger partial charge in [-0.05, 0) is 31.2 Å². The molecule has 2 heterocycles. The van der Waals surface area contributed by atoms with E-state index in [9.17, 15) is 27.6 Å². The summed E-state index contributed by atoms with van der Waals surface area (Å²) in [7, 11) is 0.795. The first-order chi connectivity index (χ1) is 14.9. The zero-order valence-electron chi connectivity index (χ0n) is 17.9. The number of sulfonamides is 1. The standard InChI is InChI=1S/C9H7NO2.C8H7NO3S.C4H9NOS/c1-10-8(11)6-4-2-3-5-7(6)9(10)12;1-9-8(10)6-4-2-3-5-7(6)13(9,11)12;1-3(7)4(6)5-2/h2-5H,1H3;2-5H,1H3;3,7H,1-2H3,(H,5,6). The van der Waals surface area contributed by atoms with Crippen LogP contribution in [0.5, 0.6) is 0 Å². The van der Waals surface area contributed by atoms with Crippen LogP contribution in [0.3, 0.4) is 0 Å². The van der Waals surface area contributed by atoms with Crippen LogP contribution in [0.15, 0.2) is 53.4 Å². The second-order valence-electron chi connectivity index (χ2n) is 6.78. The quantitative estimate of drug-likeness (QED) is 0.473. The van der Waals surface area contributed by atoms with Crippen LogP contribution >= 0.6 is 12.6 Å². The Hall–Kier alpha value is -3.18. The number of nitrogens with zero attached hydrogens (tertiary/aromatic N) is 2. The number of thiol groups is 1. The molecule has 2 aromatic rings. The van der Waals surface area contributed by atoms with E-state index < -0.39 is 15.9 Å². The van der Waals surface area contributed by atoms with E-state index >= 15 is 0 Å². The third-order valence-corrected chi connectivity index (χ3v) is 6.70. The lowest BCUT2D eigenvalue weighted by Gasteiger charge is -2.05. The lowest BCUT2D eigenvalue weighted by molar-refractivity contribution is -0.119. The summed E-state index contributed by atoms with van der Waals surface area (Å²) in [5.74, 6) is -0.926. The molecule has 32 heavy (non-hydrogen) atoms. The molecule has 9 nitrogen and oxygen atoms in total. The van der Waals surface area contributed by atoms with Crippen molar-refractivity contribution in [2.45, 2.75) is 17.1 Å². The number of carbonyl (C=O) groups excluding carboxylic acids is 4. The molecule has 0 radical (unpaired) electrons. The highest BCUT2D eigenvalue weighted by Gasteiger charge is 2.37. The average Bonchev–Trinajstić information content (AvgIpc) is 3.12. The van der Waals surface area contributed by atoms with Crippen molar-refractivity contribution in [3.8, 4) is 0 Å². The molecule has 2 aliphatic heterocycles. The summed E-state index contributed by atoms with van der Waals surface area (Å²) in [6.07, 6.45) is 0. The monoisotopic (exact) mass is 477 g/mol. The number of benzene rings is 2. The SMILES string of the molecule is CN1C(=O)c2ccccc2C1=O.CN1C(=O)c2ccccc2S1(=O)=O.CNC(=O)C(C)S. The third-order valence-electron chi connectivity index (χ3n) is 4.66. The predicted octanol–water partition coefficient (Wildman–Crippen LogP) is 1.42. The second-order valence-corrected chi connectivity index (χ2v) is 9.49. The Morgan fingerprint density at radius 3 is 1.69 bits per heavy atom. The molecular weight excluding hydrogens is 454 g/mol. The molecule has 2 aliphatic rings. The number of rotatable bonds is 1. The molecule has 0 spiro atoms. The number of imide groups is 1. The summed E-state index contributed by atoms with van der Waals surface area (Å²) < 4.78 is 23.8. The maximum absolute atomic E-state index is 11.5. The van der Waals surface area contributed by atoms with Crippen molar-refractivity contribution in [1.29, 1.82) is 0 Å². The summed E-state index contributed by atoms with van der Waals surface area (Å²) in [5.41, 5.74) is 1.26. The first-order valence-electron chi connectivity index (χ1n) is 9.38. The lowest BCUT2D eigenvalue weighted by Crippen LogP contribution is -2.25. The van der Waals surface area contributed by atoms with Crippen LogP contribution in [0.2, 0.25) is 0 Å². The highest BCUT2D eigenvalue weighted by Crippen LogP contribution is 2.27. The van der Waals surface area contributed by atoms with E-state index in [0.29, 0.717) is 11.1 Å². The number of fused-ring (bicyclic) bond motifs is 2. The van der Waals surface area contributed by atoms with Gasteiger partial charge in [-0.2, -0.15) is 12.6 Å². The molecule has 4 amide bonds. The Morgan fingerprint density at radius 1 is 0.875 bits per heavy atom. The molecule has 1 N–H and O–H groups in total. The molecule has 0 fully saturated rings. The van der Waals surface area contributed by atoms with Crippen LogP contribution in [0.25, 0.3) is 0 Å². The number of hydrogen-bond donors (Lipinski definition) is 2. The second kappa shape index (κ2) is 9.96. The maximum atomic E-state index is 11.5. The van der Waals surface area contributed by atoms with Crippen molar-refractivity contribution >= 4 is 46.3 Å². The molecule has 1 atom stereocenters. The number of nitrogens with one attached hydrogen (secondary N) is 1. The lowest BCUT2D eigenvalue weighted by atomic mass is 10.1. The van der Waals surface area contributed by atoms with Crippen LogP contribution in [-0.4, -0.2) is 67.6 Å². The molecule has 0 aliphatic carbocycles. The molecule has 0 saturated carbocycles. The molecule has 170 valence electrons. The molecule has 1 unspecified atom stereocenters. The van der Waals surface area contributed by atoms with Crippen LogP contribution in [0, 0.1) is 0 Å². The van der Waals surface area contributed by atoms with Gasteiger partial charge < -0.3 is 5.32 Å². The fourth-order valence-electron chi connectivity index (χ4n) is 2.81. The van der Waals surface area contributed by atoms with E-state index in [-0.39, 0.29) is 33.4 Å². The summed E-state index contributed by atoms with van der Waals surface area (Å²) in [6, 6.07) is 13.0. The molecule has 0 bridgehead atoms. The fourth-order valence-corrected chi connectivity index (χ4v) is 4.24. The number of carbonyl (C=O) groups is 4. The van der Waals surface area contributed by atoms with Crippen molar-refractivity contribution in [3.63, 3.8) is 0 Å². The summed E-state index contributed by atoms with van der Waals surface area (Å²) in [6.45, 7) is 1.72. The highest BCUT2D eigenvalue weighted by molar-refractivity contribution is 7.90. The van der Waals surface area contributed by atoms with Crippen molar-refractivity contribution < 1.29 is 27.6 Å². The predicted molar refractivity (Wildman–Crippen MR) is 121 cm³/mol. The van der Waals surface area contributed by atoms with Crippen molar-refractivity contribution in [2.75, 3.05) is 21.1 Å². The third kappa shape index (κ3) is 4.83.